The smallest absolute Gasteiger partial charge is 0.185 e. The van der Waals surface area contributed by atoms with Crippen molar-refractivity contribution in [3.63, 3.8) is 0 Å². The summed E-state index contributed by atoms with van der Waals surface area (Å²) in [6.07, 6.45) is 4.94. The Labute approximate surface area is 126 Å². The van der Waals surface area contributed by atoms with Gasteiger partial charge in [-0.2, -0.15) is 0 Å². The molecule has 1 N–H and O–H groups in total. The van der Waals surface area contributed by atoms with E-state index in [1.54, 1.807) is 18.4 Å². The predicted molar refractivity (Wildman–Crippen MR) is 85.6 cm³/mol. The molecule has 1 heterocycles. The molecule has 1 aromatic rings. The number of anilines is 1. The molecule has 1 aliphatic rings. The highest BCUT2D eigenvalue weighted by atomic mass is 32.1. The third-order valence-electron chi connectivity index (χ3n) is 3.85. The number of hydrogen-bond donors (Lipinski definition) is 1. The molecular formula is C15H27N3OS. The van der Waals surface area contributed by atoms with Gasteiger partial charge in [-0.15, -0.1) is 11.3 Å². The molecule has 0 radical (unpaired) electrons. The third-order valence-corrected chi connectivity index (χ3v) is 4.78. The lowest BCUT2D eigenvalue weighted by atomic mass is 10.1. The zero-order valence-electron chi connectivity index (χ0n) is 12.9. The summed E-state index contributed by atoms with van der Waals surface area (Å²) in [5.41, 5.74) is 1.17. The van der Waals surface area contributed by atoms with Crippen LogP contribution in [0.15, 0.2) is 5.38 Å². The van der Waals surface area contributed by atoms with E-state index in [4.69, 9.17) is 9.72 Å². The predicted octanol–water partition coefficient (Wildman–Crippen LogP) is 3.04. The number of aromatic nitrogens is 1. The van der Waals surface area contributed by atoms with Gasteiger partial charge in [0, 0.05) is 37.7 Å². The van der Waals surface area contributed by atoms with Gasteiger partial charge < -0.3 is 15.0 Å². The maximum Gasteiger partial charge on any atom is 0.185 e. The molecule has 1 aromatic heterocycles. The summed E-state index contributed by atoms with van der Waals surface area (Å²) in [5.74, 6) is 0. The number of methoxy groups -OCH3 is 1. The van der Waals surface area contributed by atoms with E-state index in [1.165, 1.54) is 18.5 Å². The van der Waals surface area contributed by atoms with Gasteiger partial charge in [-0.05, 0) is 25.7 Å². The van der Waals surface area contributed by atoms with Crippen molar-refractivity contribution >= 4 is 16.5 Å². The summed E-state index contributed by atoms with van der Waals surface area (Å²) in [6, 6.07) is 1.30. The van der Waals surface area contributed by atoms with E-state index in [0.717, 1.165) is 43.7 Å². The summed E-state index contributed by atoms with van der Waals surface area (Å²) in [7, 11) is 1.76. The van der Waals surface area contributed by atoms with Crippen LogP contribution in [0, 0.1) is 0 Å². The average Bonchev–Trinajstić information content (AvgIpc) is 3.19. The largest absolute Gasteiger partial charge is 0.383 e. The van der Waals surface area contributed by atoms with Gasteiger partial charge in [0.2, 0.25) is 0 Å². The van der Waals surface area contributed by atoms with E-state index < -0.39 is 0 Å². The molecule has 1 aliphatic carbocycles. The molecule has 0 spiro atoms. The topological polar surface area (TPSA) is 37.4 Å². The van der Waals surface area contributed by atoms with E-state index >= 15 is 0 Å². The van der Waals surface area contributed by atoms with Crippen molar-refractivity contribution in [1.82, 2.24) is 10.3 Å². The molecule has 0 atom stereocenters. The molecular weight excluding hydrogens is 270 g/mol. The van der Waals surface area contributed by atoms with Crippen LogP contribution in [0.4, 0.5) is 5.13 Å². The maximum absolute atomic E-state index is 5.25. The Morgan fingerprint density at radius 2 is 2.20 bits per heavy atom. The van der Waals surface area contributed by atoms with Crippen molar-refractivity contribution in [3.05, 3.63) is 11.1 Å². The highest BCUT2D eigenvalue weighted by Gasteiger charge is 2.22. The SMILES string of the molecule is CCC(CC)N(CCOC)c1nc(CNC2CC2)cs1. The van der Waals surface area contributed by atoms with Crippen LogP contribution in [0.25, 0.3) is 0 Å². The van der Waals surface area contributed by atoms with Gasteiger partial charge in [-0.3, -0.25) is 0 Å². The molecule has 0 saturated heterocycles. The molecule has 2 rings (SSSR count). The Morgan fingerprint density at radius 3 is 2.80 bits per heavy atom. The molecule has 0 unspecified atom stereocenters. The molecule has 0 amide bonds. The normalized spacial score (nSPS) is 15.0. The first-order valence-corrected chi connectivity index (χ1v) is 8.59. The van der Waals surface area contributed by atoms with Gasteiger partial charge in [0.25, 0.3) is 0 Å². The van der Waals surface area contributed by atoms with Crippen LogP contribution >= 0.6 is 11.3 Å². The molecule has 20 heavy (non-hydrogen) atoms. The number of nitrogens with zero attached hydrogens (tertiary/aromatic N) is 2. The van der Waals surface area contributed by atoms with Crippen molar-refractivity contribution in [2.24, 2.45) is 0 Å². The molecule has 4 nitrogen and oxygen atoms in total. The fourth-order valence-corrected chi connectivity index (χ4v) is 3.32. The lowest BCUT2D eigenvalue weighted by molar-refractivity contribution is 0.202. The van der Waals surface area contributed by atoms with Crippen molar-refractivity contribution in [3.8, 4) is 0 Å². The summed E-state index contributed by atoms with van der Waals surface area (Å²) >= 11 is 1.76. The number of thiazole rings is 1. The van der Waals surface area contributed by atoms with Crippen LogP contribution in [0.3, 0.4) is 0 Å². The number of nitrogens with one attached hydrogen (secondary N) is 1. The van der Waals surface area contributed by atoms with Crippen molar-refractivity contribution in [2.75, 3.05) is 25.2 Å². The van der Waals surface area contributed by atoms with Gasteiger partial charge in [-0.1, -0.05) is 13.8 Å². The van der Waals surface area contributed by atoms with Gasteiger partial charge in [0.15, 0.2) is 5.13 Å². The second-order valence-electron chi connectivity index (χ2n) is 5.43. The van der Waals surface area contributed by atoms with Crippen molar-refractivity contribution < 1.29 is 4.74 Å². The Morgan fingerprint density at radius 1 is 1.45 bits per heavy atom. The standard InChI is InChI=1S/C15H27N3OS/c1-4-14(5-2)18(8-9-19-3)15-17-13(11-20-15)10-16-12-6-7-12/h11-12,14,16H,4-10H2,1-3H3. The Bertz CT molecular complexity index is 388. The molecule has 114 valence electrons. The monoisotopic (exact) mass is 297 g/mol. The highest BCUT2D eigenvalue weighted by molar-refractivity contribution is 7.13. The zero-order chi connectivity index (χ0) is 14.4. The third kappa shape index (κ3) is 4.43. The van der Waals surface area contributed by atoms with Gasteiger partial charge in [-0.25, -0.2) is 4.98 Å². The fraction of sp³-hybridized carbons (Fsp3) is 0.800. The van der Waals surface area contributed by atoms with Crippen LogP contribution in [0.2, 0.25) is 0 Å². The quantitative estimate of drug-likeness (QED) is 0.720. The van der Waals surface area contributed by atoms with E-state index in [-0.39, 0.29) is 0 Å². The molecule has 1 fully saturated rings. The summed E-state index contributed by atoms with van der Waals surface area (Å²) in [5, 5.41) is 6.86. The Balaban J connectivity index is 1.98. The lowest BCUT2D eigenvalue weighted by Gasteiger charge is -2.29. The van der Waals surface area contributed by atoms with E-state index in [0.29, 0.717) is 6.04 Å². The van der Waals surface area contributed by atoms with Crippen LogP contribution in [0.1, 0.15) is 45.2 Å². The highest BCUT2D eigenvalue weighted by Crippen LogP contribution is 2.25. The summed E-state index contributed by atoms with van der Waals surface area (Å²) in [6.45, 7) is 7.08. The minimum atomic E-state index is 0.556. The molecule has 0 aliphatic heterocycles. The Kier molecular flexibility index (Phi) is 6.26. The zero-order valence-corrected chi connectivity index (χ0v) is 13.7. The average molecular weight is 297 g/mol. The molecule has 1 saturated carbocycles. The number of rotatable bonds is 10. The Hall–Kier alpha value is -0.650. The first-order chi connectivity index (χ1) is 9.78. The van der Waals surface area contributed by atoms with Crippen LogP contribution in [-0.4, -0.2) is 37.3 Å². The van der Waals surface area contributed by atoms with Crippen LogP contribution in [0.5, 0.6) is 0 Å². The van der Waals surface area contributed by atoms with Crippen molar-refractivity contribution in [1.29, 1.82) is 0 Å². The summed E-state index contributed by atoms with van der Waals surface area (Å²) < 4.78 is 5.25. The fourth-order valence-electron chi connectivity index (χ4n) is 2.40. The number of hydrogen-bond acceptors (Lipinski definition) is 5. The minimum Gasteiger partial charge on any atom is -0.383 e. The molecule has 0 bridgehead atoms. The number of ether oxygens (including phenoxy) is 1. The maximum atomic E-state index is 5.25. The minimum absolute atomic E-state index is 0.556. The van der Waals surface area contributed by atoms with Gasteiger partial charge in [0.05, 0.1) is 12.3 Å². The van der Waals surface area contributed by atoms with Gasteiger partial charge in [0.1, 0.15) is 0 Å². The van der Waals surface area contributed by atoms with E-state index in [1.807, 2.05) is 0 Å². The van der Waals surface area contributed by atoms with Crippen LogP contribution < -0.4 is 10.2 Å². The summed E-state index contributed by atoms with van der Waals surface area (Å²) in [4.78, 5) is 7.22. The first-order valence-electron chi connectivity index (χ1n) is 7.71. The molecule has 5 heteroatoms. The van der Waals surface area contributed by atoms with E-state index in [2.05, 4.69) is 29.4 Å². The lowest BCUT2D eigenvalue weighted by Crippen LogP contribution is -2.37. The van der Waals surface area contributed by atoms with Crippen molar-refractivity contribution in [2.45, 2.75) is 58.2 Å². The van der Waals surface area contributed by atoms with Crippen LogP contribution in [-0.2, 0) is 11.3 Å². The second kappa shape index (κ2) is 7.96. The van der Waals surface area contributed by atoms with Gasteiger partial charge >= 0.3 is 0 Å². The van der Waals surface area contributed by atoms with E-state index in [9.17, 15) is 0 Å². The first kappa shape index (κ1) is 15.7. The second-order valence-corrected chi connectivity index (χ2v) is 6.27. The molecule has 0 aromatic carbocycles.